The van der Waals surface area contributed by atoms with Crippen LogP contribution >= 0.6 is 0 Å². The van der Waals surface area contributed by atoms with Crippen LogP contribution in [0.3, 0.4) is 0 Å². The van der Waals surface area contributed by atoms with E-state index in [0.717, 1.165) is 5.56 Å². The number of rotatable bonds is 2. The van der Waals surface area contributed by atoms with Gasteiger partial charge in [-0.05, 0) is 24.6 Å². The maximum Gasteiger partial charge on any atom is 0.0991 e. The quantitative estimate of drug-likeness (QED) is 0.666. The lowest BCUT2D eigenvalue weighted by atomic mass is 10.1. The van der Waals surface area contributed by atoms with Gasteiger partial charge in [-0.15, -0.1) is 0 Å². The van der Waals surface area contributed by atoms with Crippen molar-refractivity contribution in [1.82, 2.24) is 0 Å². The van der Waals surface area contributed by atoms with Crippen LogP contribution in [0.5, 0.6) is 0 Å². The summed E-state index contributed by atoms with van der Waals surface area (Å²) in [4.78, 5) is 0. The van der Waals surface area contributed by atoms with Crippen molar-refractivity contribution < 1.29 is 4.74 Å². The molecule has 62 valence electrons. The minimum Gasteiger partial charge on any atom is -0.377 e. The molecule has 0 heterocycles. The molecule has 0 N–H and O–H groups in total. The summed E-state index contributed by atoms with van der Waals surface area (Å²) in [6.45, 7) is 1.95. The van der Waals surface area contributed by atoms with Crippen LogP contribution in [0.2, 0.25) is 0 Å². The predicted molar refractivity (Wildman–Crippen MR) is 46.6 cm³/mol. The van der Waals surface area contributed by atoms with Crippen molar-refractivity contribution in [2.75, 3.05) is 7.11 Å². The second kappa shape index (κ2) is 3.89. The van der Waals surface area contributed by atoms with Crippen molar-refractivity contribution in [1.29, 1.82) is 5.26 Å². The fourth-order valence-corrected chi connectivity index (χ4v) is 0.997. The van der Waals surface area contributed by atoms with Crippen LogP contribution in [0.15, 0.2) is 24.3 Å². The van der Waals surface area contributed by atoms with Crippen molar-refractivity contribution in [2.45, 2.75) is 13.0 Å². The Kier molecular flexibility index (Phi) is 2.84. The van der Waals surface area contributed by atoms with Gasteiger partial charge in [0.05, 0.1) is 17.7 Å². The van der Waals surface area contributed by atoms with Crippen LogP contribution in [0, 0.1) is 11.3 Å². The highest BCUT2D eigenvalue weighted by molar-refractivity contribution is 5.33. The molecule has 2 heteroatoms. The summed E-state index contributed by atoms with van der Waals surface area (Å²) in [6, 6.07) is 9.53. The Morgan fingerprint density at radius 1 is 1.50 bits per heavy atom. The van der Waals surface area contributed by atoms with Crippen LogP contribution in [-0.4, -0.2) is 7.11 Å². The zero-order valence-electron chi connectivity index (χ0n) is 7.24. The number of methoxy groups -OCH3 is 1. The lowest BCUT2D eigenvalue weighted by molar-refractivity contribution is 0.119. The largest absolute Gasteiger partial charge is 0.377 e. The number of benzene rings is 1. The summed E-state index contributed by atoms with van der Waals surface area (Å²) < 4.78 is 5.13. The average molecular weight is 161 g/mol. The van der Waals surface area contributed by atoms with Gasteiger partial charge in [0.25, 0.3) is 0 Å². The zero-order valence-corrected chi connectivity index (χ0v) is 7.24. The Morgan fingerprint density at radius 2 is 2.25 bits per heavy atom. The Hall–Kier alpha value is -1.33. The Morgan fingerprint density at radius 3 is 2.83 bits per heavy atom. The number of nitrogens with zero attached hydrogens (tertiary/aromatic N) is 1. The fraction of sp³-hybridized carbons (Fsp3) is 0.300. The topological polar surface area (TPSA) is 33.0 Å². The molecular weight excluding hydrogens is 150 g/mol. The first kappa shape index (κ1) is 8.76. The molecule has 2 nitrogen and oxygen atoms in total. The summed E-state index contributed by atoms with van der Waals surface area (Å²) in [5, 5.41) is 8.63. The molecule has 0 saturated carbocycles. The molecule has 0 saturated heterocycles. The summed E-state index contributed by atoms with van der Waals surface area (Å²) >= 11 is 0. The van der Waals surface area contributed by atoms with Gasteiger partial charge in [-0.25, -0.2) is 0 Å². The highest BCUT2D eigenvalue weighted by Gasteiger charge is 2.02. The van der Waals surface area contributed by atoms with Crippen LogP contribution < -0.4 is 0 Å². The van der Waals surface area contributed by atoms with Gasteiger partial charge in [0.15, 0.2) is 0 Å². The summed E-state index contributed by atoms with van der Waals surface area (Å²) in [7, 11) is 1.66. The van der Waals surface area contributed by atoms with E-state index in [1.165, 1.54) is 0 Å². The second-order valence-corrected chi connectivity index (χ2v) is 2.62. The van der Waals surface area contributed by atoms with E-state index in [4.69, 9.17) is 10.00 Å². The third kappa shape index (κ3) is 1.84. The van der Waals surface area contributed by atoms with Crippen molar-refractivity contribution in [3.8, 4) is 6.07 Å². The van der Waals surface area contributed by atoms with Crippen molar-refractivity contribution in [3.05, 3.63) is 35.4 Å². The third-order valence-electron chi connectivity index (χ3n) is 1.84. The van der Waals surface area contributed by atoms with Crippen LogP contribution in [0.1, 0.15) is 24.2 Å². The lowest BCUT2D eigenvalue weighted by Crippen LogP contribution is -1.95. The number of nitriles is 1. The highest BCUT2D eigenvalue weighted by Crippen LogP contribution is 2.16. The van der Waals surface area contributed by atoms with E-state index >= 15 is 0 Å². The zero-order chi connectivity index (χ0) is 8.97. The summed E-state index contributed by atoms with van der Waals surface area (Å²) in [6.07, 6.45) is 0.0540. The van der Waals surface area contributed by atoms with E-state index in [9.17, 15) is 0 Å². The van der Waals surface area contributed by atoms with Gasteiger partial charge in [0, 0.05) is 7.11 Å². The summed E-state index contributed by atoms with van der Waals surface area (Å²) in [5.41, 5.74) is 1.72. The molecule has 1 rings (SSSR count). The Labute approximate surface area is 72.4 Å². The van der Waals surface area contributed by atoms with Gasteiger partial charge in [0.2, 0.25) is 0 Å². The Bertz CT molecular complexity index is 301. The van der Waals surface area contributed by atoms with Gasteiger partial charge >= 0.3 is 0 Å². The highest BCUT2D eigenvalue weighted by atomic mass is 16.5. The monoisotopic (exact) mass is 161 g/mol. The summed E-state index contributed by atoms with van der Waals surface area (Å²) in [5.74, 6) is 0. The van der Waals surface area contributed by atoms with Gasteiger partial charge in [-0.3, -0.25) is 0 Å². The minimum absolute atomic E-state index is 0.0540. The molecule has 0 aliphatic heterocycles. The molecule has 12 heavy (non-hydrogen) atoms. The molecule has 0 radical (unpaired) electrons. The van der Waals surface area contributed by atoms with Crippen molar-refractivity contribution >= 4 is 0 Å². The second-order valence-electron chi connectivity index (χ2n) is 2.62. The van der Waals surface area contributed by atoms with E-state index in [1.807, 2.05) is 25.1 Å². The molecule has 0 amide bonds. The molecule has 0 aliphatic rings. The molecular formula is C10H11NO. The van der Waals surface area contributed by atoms with Gasteiger partial charge in [-0.2, -0.15) is 5.26 Å². The first-order valence-corrected chi connectivity index (χ1v) is 3.80. The molecule has 0 aromatic heterocycles. The average Bonchev–Trinajstić information content (AvgIpc) is 2.17. The van der Waals surface area contributed by atoms with Crippen molar-refractivity contribution in [3.63, 3.8) is 0 Å². The molecule has 1 atom stereocenters. The van der Waals surface area contributed by atoms with Gasteiger partial charge in [0.1, 0.15) is 0 Å². The first-order valence-electron chi connectivity index (χ1n) is 3.80. The van der Waals surface area contributed by atoms with Crippen LogP contribution in [-0.2, 0) is 4.74 Å². The smallest absolute Gasteiger partial charge is 0.0991 e. The van der Waals surface area contributed by atoms with Gasteiger partial charge in [-0.1, -0.05) is 12.1 Å². The third-order valence-corrected chi connectivity index (χ3v) is 1.84. The molecule has 1 unspecified atom stereocenters. The fourth-order valence-electron chi connectivity index (χ4n) is 0.997. The number of ether oxygens (including phenoxy) is 1. The molecule has 0 bridgehead atoms. The molecule has 0 spiro atoms. The Balaban J connectivity index is 2.95. The maximum absolute atomic E-state index is 8.63. The maximum atomic E-state index is 8.63. The normalized spacial score (nSPS) is 12.1. The standard InChI is InChI=1S/C10H11NO/c1-8(12-2)10-5-3-4-9(6-10)7-11/h3-6,8H,1-2H3. The van der Waals surface area contributed by atoms with Gasteiger partial charge < -0.3 is 4.74 Å². The van der Waals surface area contributed by atoms with Crippen LogP contribution in [0.25, 0.3) is 0 Å². The van der Waals surface area contributed by atoms with Crippen molar-refractivity contribution in [2.24, 2.45) is 0 Å². The van der Waals surface area contributed by atoms with E-state index < -0.39 is 0 Å². The molecule has 0 fully saturated rings. The van der Waals surface area contributed by atoms with E-state index in [2.05, 4.69) is 6.07 Å². The molecule has 0 aliphatic carbocycles. The van der Waals surface area contributed by atoms with Crippen LogP contribution in [0.4, 0.5) is 0 Å². The molecule has 1 aromatic rings. The first-order chi connectivity index (χ1) is 5.77. The minimum atomic E-state index is 0.0540. The van der Waals surface area contributed by atoms with E-state index in [0.29, 0.717) is 5.56 Å². The van der Waals surface area contributed by atoms with E-state index in [1.54, 1.807) is 13.2 Å². The predicted octanol–water partition coefficient (Wildman–Crippen LogP) is 2.27. The SMILES string of the molecule is COC(C)c1cccc(C#N)c1. The number of hydrogen-bond donors (Lipinski definition) is 0. The lowest BCUT2D eigenvalue weighted by Gasteiger charge is -2.08. The number of hydrogen-bond acceptors (Lipinski definition) is 2. The van der Waals surface area contributed by atoms with E-state index in [-0.39, 0.29) is 6.10 Å². The molecule has 1 aromatic carbocycles.